The summed E-state index contributed by atoms with van der Waals surface area (Å²) in [5, 5.41) is 3.98. The van der Waals surface area contributed by atoms with Crippen LogP contribution in [0.3, 0.4) is 0 Å². The average Bonchev–Trinajstić information content (AvgIpc) is 2.55. The summed E-state index contributed by atoms with van der Waals surface area (Å²) in [6, 6.07) is 10.2. The van der Waals surface area contributed by atoms with E-state index < -0.39 is 9.84 Å². The first-order valence-corrected chi connectivity index (χ1v) is 10.7. The van der Waals surface area contributed by atoms with E-state index in [-0.39, 0.29) is 19.4 Å². The number of carbonyl (C=O) groups excluding carboxylic acids is 1. The number of hydrogen-bond acceptors (Lipinski definition) is 4. The van der Waals surface area contributed by atoms with Crippen molar-refractivity contribution < 1.29 is 14.6 Å². The van der Waals surface area contributed by atoms with Gasteiger partial charge in [-0.2, -0.15) is 0 Å². The molecule has 1 amide bonds. The molecule has 0 spiro atoms. The molecular formula is C19H30N2O3S. The Balaban J connectivity index is 0.00000338. The van der Waals surface area contributed by atoms with Gasteiger partial charge in [0, 0.05) is 25.2 Å². The van der Waals surface area contributed by atoms with E-state index in [1.165, 1.54) is 11.6 Å². The van der Waals surface area contributed by atoms with E-state index in [1.54, 1.807) is 6.92 Å². The number of hydrogen-bond donors (Lipinski definition) is 1. The van der Waals surface area contributed by atoms with Crippen molar-refractivity contribution in [1.29, 1.82) is 0 Å². The minimum atomic E-state index is -3.18. The van der Waals surface area contributed by atoms with Gasteiger partial charge in [0.25, 0.3) is 0 Å². The fourth-order valence-electron chi connectivity index (χ4n) is 3.19. The maximum absolute atomic E-state index is 12.4. The molecule has 140 valence electrons. The Morgan fingerprint density at radius 3 is 2.72 bits per heavy atom. The molecule has 1 aliphatic heterocycles. The van der Waals surface area contributed by atoms with Gasteiger partial charge in [-0.05, 0) is 37.8 Å². The predicted molar refractivity (Wildman–Crippen MR) is 103 cm³/mol. The van der Waals surface area contributed by atoms with Gasteiger partial charge in [0.1, 0.15) is 0 Å². The molecule has 6 heteroatoms. The summed E-state index contributed by atoms with van der Waals surface area (Å²) in [5.41, 5.74) is 1.24. The Bertz CT molecular complexity index is 707. The van der Waals surface area contributed by atoms with Crippen molar-refractivity contribution in [1.82, 2.24) is 10.2 Å². The first-order chi connectivity index (χ1) is 11.7. The highest BCUT2D eigenvalue weighted by Crippen LogP contribution is 2.33. The van der Waals surface area contributed by atoms with Crippen molar-refractivity contribution in [3.63, 3.8) is 0 Å². The zero-order valence-corrected chi connectivity index (χ0v) is 16.0. The number of amides is 1. The van der Waals surface area contributed by atoms with Gasteiger partial charge in [-0.1, -0.05) is 43.3 Å². The van der Waals surface area contributed by atoms with Gasteiger partial charge in [-0.15, -0.1) is 0 Å². The maximum atomic E-state index is 12.4. The Morgan fingerprint density at radius 1 is 1.40 bits per heavy atom. The molecule has 0 bridgehead atoms. The fraction of sp³-hybridized carbons (Fsp3) is 0.526. The summed E-state index contributed by atoms with van der Waals surface area (Å²) >= 11 is 0. The summed E-state index contributed by atoms with van der Waals surface area (Å²) in [4.78, 5) is 14.6. The van der Waals surface area contributed by atoms with E-state index in [2.05, 4.69) is 29.3 Å². The monoisotopic (exact) mass is 366 g/mol. The molecular weight excluding hydrogens is 336 g/mol. The van der Waals surface area contributed by atoms with E-state index in [0.29, 0.717) is 12.5 Å². The lowest BCUT2D eigenvalue weighted by Crippen LogP contribution is -2.44. The second kappa shape index (κ2) is 8.63. The Kier molecular flexibility index (Phi) is 6.79. The molecule has 0 aromatic heterocycles. The summed E-state index contributed by atoms with van der Waals surface area (Å²) in [5.74, 6) is 0.558. The van der Waals surface area contributed by atoms with Crippen molar-refractivity contribution in [3.8, 4) is 0 Å². The Hall–Kier alpha value is -1.66. The van der Waals surface area contributed by atoms with Crippen LogP contribution in [0.4, 0.5) is 0 Å². The number of nitrogens with zero attached hydrogens (tertiary/aromatic N) is 1. The van der Waals surface area contributed by atoms with Crippen LogP contribution in [0.2, 0.25) is 0 Å². The van der Waals surface area contributed by atoms with Crippen molar-refractivity contribution in [2.24, 2.45) is 5.92 Å². The Morgan fingerprint density at radius 2 is 2.08 bits per heavy atom. The highest BCUT2D eigenvalue weighted by molar-refractivity contribution is 7.93. The minimum absolute atomic E-state index is 0. The minimum Gasteiger partial charge on any atom is -0.349 e. The SMILES string of the molecule is C[C@@H]1CCN(CC(=O)N[C@@H](C)/C=C\S(C)(=O)=O)[C@H](c2ccccc2)C1.[HH]. The molecule has 1 heterocycles. The maximum Gasteiger partial charge on any atom is 0.234 e. The van der Waals surface area contributed by atoms with Crippen LogP contribution in [0.5, 0.6) is 0 Å². The second-order valence-electron chi connectivity index (χ2n) is 7.04. The highest BCUT2D eigenvalue weighted by Gasteiger charge is 2.28. The summed E-state index contributed by atoms with van der Waals surface area (Å²) in [6.45, 7) is 5.24. The summed E-state index contributed by atoms with van der Waals surface area (Å²) in [7, 11) is -3.18. The van der Waals surface area contributed by atoms with Crippen LogP contribution in [0.25, 0.3) is 0 Å². The molecule has 0 aliphatic carbocycles. The lowest BCUT2D eigenvalue weighted by atomic mass is 9.88. The first kappa shape index (κ1) is 19.7. The summed E-state index contributed by atoms with van der Waals surface area (Å²) in [6.07, 6.45) is 4.76. The van der Waals surface area contributed by atoms with Crippen LogP contribution in [0.15, 0.2) is 41.8 Å². The molecule has 2 rings (SSSR count). The van der Waals surface area contributed by atoms with Crippen LogP contribution in [0, 0.1) is 5.92 Å². The number of sulfone groups is 1. The number of likely N-dealkylation sites (tertiary alicyclic amines) is 1. The Labute approximate surface area is 152 Å². The molecule has 0 unspecified atom stereocenters. The molecule has 25 heavy (non-hydrogen) atoms. The summed E-state index contributed by atoms with van der Waals surface area (Å²) < 4.78 is 22.3. The molecule has 1 N–H and O–H groups in total. The van der Waals surface area contributed by atoms with Gasteiger partial charge in [-0.25, -0.2) is 8.42 Å². The normalized spacial score (nSPS) is 23.5. The van der Waals surface area contributed by atoms with Crippen LogP contribution in [0.1, 0.15) is 39.7 Å². The highest BCUT2D eigenvalue weighted by atomic mass is 32.2. The number of piperidine rings is 1. The molecule has 1 fully saturated rings. The second-order valence-corrected chi connectivity index (χ2v) is 8.97. The smallest absolute Gasteiger partial charge is 0.234 e. The third-order valence-corrected chi connectivity index (χ3v) is 5.16. The van der Waals surface area contributed by atoms with Crippen molar-refractivity contribution in [2.75, 3.05) is 19.3 Å². The van der Waals surface area contributed by atoms with Crippen molar-refractivity contribution in [2.45, 2.75) is 38.8 Å². The lowest BCUT2D eigenvalue weighted by Gasteiger charge is -2.38. The zero-order valence-electron chi connectivity index (χ0n) is 15.2. The number of carbonyl (C=O) groups is 1. The first-order valence-electron chi connectivity index (χ1n) is 8.71. The molecule has 0 saturated carbocycles. The van der Waals surface area contributed by atoms with Gasteiger partial charge in [0.05, 0.1) is 6.54 Å². The molecule has 3 atom stereocenters. The molecule has 1 saturated heterocycles. The largest absolute Gasteiger partial charge is 0.349 e. The molecule has 0 radical (unpaired) electrons. The van der Waals surface area contributed by atoms with Gasteiger partial charge in [-0.3, -0.25) is 9.69 Å². The molecule has 5 nitrogen and oxygen atoms in total. The third kappa shape index (κ3) is 6.63. The van der Waals surface area contributed by atoms with E-state index in [9.17, 15) is 13.2 Å². The molecule has 1 aromatic carbocycles. The van der Waals surface area contributed by atoms with Crippen LogP contribution >= 0.6 is 0 Å². The zero-order chi connectivity index (χ0) is 18.4. The topological polar surface area (TPSA) is 66.5 Å². The van der Waals surface area contributed by atoms with Gasteiger partial charge >= 0.3 is 0 Å². The van der Waals surface area contributed by atoms with Crippen LogP contribution in [-0.2, 0) is 14.6 Å². The number of benzene rings is 1. The van der Waals surface area contributed by atoms with Crippen LogP contribution in [-0.4, -0.2) is 44.6 Å². The quantitative estimate of drug-likeness (QED) is 0.841. The third-order valence-electron chi connectivity index (χ3n) is 4.51. The van der Waals surface area contributed by atoms with Gasteiger partial charge in [0.2, 0.25) is 5.91 Å². The van der Waals surface area contributed by atoms with E-state index in [1.807, 2.05) is 18.2 Å². The van der Waals surface area contributed by atoms with E-state index in [0.717, 1.165) is 31.1 Å². The van der Waals surface area contributed by atoms with Crippen molar-refractivity contribution >= 4 is 15.7 Å². The average molecular weight is 367 g/mol. The van der Waals surface area contributed by atoms with Crippen molar-refractivity contribution in [3.05, 3.63) is 47.4 Å². The number of nitrogens with one attached hydrogen (secondary N) is 1. The fourth-order valence-corrected chi connectivity index (χ4v) is 3.72. The number of rotatable bonds is 6. The van der Waals surface area contributed by atoms with E-state index >= 15 is 0 Å². The van der Waals surface area contributed by atoms with Gasteiger partial charge in [0.15, 0.2) is 9.84 Å². The van der Waals surface area contributed by atoms with Gasteiger partial charge < -0.3 is 5.32 Å². The molecule has 1 aliphatic rings. The standard InChI is InChI=1S/C19H28N2O3S.H2/c1-15-9-11-21(18(13-15)17-7-5-4-6-8-17)14-19(22)20-16(2)10-12-25(3,23)24;/h4-8,10,12,15-16,18H,9,11,13-14H2,1-3H3,(H,20,22);1H/b12-10-;/t15-,16+,18+;/m1./s1. The predicted octanol–water partition coefficient (Wildman–Crippen LogP) is 2.77. The molecule has 1 aromatic rings. The van der Waals surface area contributed by atoms with Crippen LogP contribution < -0.4 is 5.32 Å². The lowest BCUT2D eigenvalue weighted by molar-refractivity contribution is -0.123. The van der Waals surface area contributed by atoms with E-state index in [4.69, 9.17) is 0 Å².